The van der Waals surface area contributed by atoms with Gasteiger partial charge in [-0.25, -0.2) is 0 Å². The van der Waals surface area contributed by atoms with E-state index >= 15 is 0 Å². The largest absolute Gasteiger partial charge is 0.496 e. The normalized spacial score (nSPS) is 33.3. The summed E-state index contributed by atoms with van der Waals surface area (Å²) in [6.45, 7) is 9.56. The van der Waals surface area contributed by atoms with E-state index in [9.17, 15) is 4.79 Å². The molecule has 1 saturated heterocycles. The topological polar surface area (TPSA) is 35.5 Å². The molecular formula is C21H28O3. The molecular weight excluding hydrogens is 300 g/mol. The van der Waals surface area contributed by atoms with Gasteiger partial charge >= 0.3 is 0 Å². The van der Waals surface area contributed by atoms with Gasteiger partial charge in [0.25, 0.3) is 0 Å². The van der Waals surface area contributed by atoms with Gasteiger partial charge in [0.2, 0.25) is 0 Å². The van der Waals surface area contributed by atoms with Crippen molar-refractivity contribution in [1.82, 2.24) is 0 Å². The van der Waals surface area contributed by atoms with E-state index in [2.05, 4.69) is 39.8 Å². The molecule has 1 aromatic rings. The zero-order valence-electron chi connectivity index (χ0n) is 15.4. The van der Waals surface area contributed by atoms with E-state index in [4.69, 9.17) is 9.47 Å². The van der Waals surface area contributed by atoms with E-state index in [1.165, 1.54) is 16.7 Å². The van der Waals surface area contributed by atoms with E-state index in [0.29, 0.717) is 30.6 Å². The van der Waals surface area contributed by atoms with Crippen molar-refractivity contribution in [3.63, 3.8) is 0 Å². The van der Waals surface area contributed by atoms with Crippen molar-refractivity contribution in [3.8, 4) is 5.75 Å². The molecule has 3 atom stereocenters. The fourth-order valence-corrected chi connectivity index (χ4v) is 5.44. The van der Waals surface area contributed by atoms with Crippen LogP contribution in [0.1, 0.15) is 75.7 Å². The summed E-state index contributed by atoms with van der Waals surface area (Å²) < 4.78 is 11.9. The number of ether oxygens (including phenoxy) is 2. The van der Waals surface area contributed by atoms with E-state index in [1.54, 1.807) is 7.11 Å². The average molecular weight is 328 g/mol. The standard InChI is InChI=1S/C21H28O3/c1-12(2)13-8-14-15(9-16(13)23-5)21-11-24-17(14)10-18(21)20(3,4)7-6-19(21)22/h8-9,12,17-18H,6-7,10-11H2,1-5H3. The van der Waals surface area contributed by atoms with Crippen LogP contribution in [0, 0.1) is 11.3 Å². The van der Waals surface area contributed by atoms with Gasteiger partial charge in [0, 0.05) is 6.42 Å². The molecule has 0 radical (unpaired) electrons. The maximum absolute atomic E-state index is 13.2. The van der Waals surface area contributed by atoms with Crippen molar-refractivity contribution in [2.45, 2.75) is 64.4 Å². The Morgan fingerprint density at radius 1 is 1.29 bits per heavy atom. The summed E-state index contributed by atoms with van der Waals surface area (Å²) in [7, 11) is 1.73. The van der Waals surface area contributed by atoms with Crippen LogP contribution in [-0.4, -0.2) is 19.5 Å². The maximum atomic E-state index is 13.2. The predicted molar refractivity (Wildman–Crippen MR) is 93.6 cm³/mol. The van der Waals surface area contributed by atoms with Crippen LogP contribution in [0.5, 0.6) is 5.75 Å². The van der Waals surface area contributed by atoms with Crippen molar-refractivity contribution in [2.24, 2.45) is 11.3 Å². The number of hydrogen-bond donors (Lipinski definition) is 0. The monoisotopic (exact) mass is 328 g/mol. The molecule has 130 valence electrons. The van der Waals surface area contributed by atoms with E-state index in [-0.39, 0.29) is 11.5 Å². The maximum Gasteiger partial charge on any atom is 0.146 e. The first-order chi connectivity index (χ1) is 11.3. The van der Waals surface area contributed by atoms with Crippen molar-refractivity contribution < 1.29 is 14.3 Å². The van der Waals surface area contributed by atoms with Gasteiger partial charge in [0.1, 0.15) is 11.5 Å². The molecule has 1 saturated carbocycles. The molecule has 24 heavy (non-hydrogen) atoms. The van der Waals surface area contributed by atoms with Crippen LogP contribution in [0.2, 0.25) is 0 Å². The highest BCUT2D eigenvalue weighted by Crippen LogP contribution is 2.62. The highest BCUT2D eigenvalue weighted by Gasteiger charge is 2.62. The summed E-state index contributed by atoms with van der Waals surface area (Å²) in [6.07, 6.45) is 2.74. The summed E-state index contributed by atoms with van der Waals surface area (Å²) in [5.74, 6) is 2.04. The van der Waals surface area contributed by atoms with Gasteiger partial charge < -0.3 is 9.47 Å². The highest BCUT2D eigenvalue weighted by molar-refractivity contribution is 5.93. The van der Waals surface area contributed by atoms with E-state index < -0.39 is 5.41 Å². The fraction of sp³-hybridized carbons (Fsp3) is 0.667. The summed E-state index contributed by atoms with van der Waals surface area (Å²) in [5.41, 5.74) is 3.34. The number of methoxy groups -OCH3 is 1. The Bertz CT molecular complexity index is 703. The van der Waals surface area contributed by atoms with Crippen LogP contribution in [0.4, 0.5) is 0 Å². The predicted octanol–water partition coefficient (Wildman–Crippen LogP) is 4.54. The summed E-state index contributed by atoms with van der Waals surface area (Å²) in [6, 6.07) is 4.40. The number of carbonyl (C=O) groups excluding carboxylic acids is 1. The second-order valence-electron chi connectivity index (χ2n) is 8.81. The van der Waals surface area contributed by atoms with Crippen LogP contribution in [0.25, 0.3) is 0 Å². The first-order valence-electron chi connectivity index (χ1n) is 9.18. The fourth-order valence-electron chi connectivity index (χ4n) is 5.44. The van der Waals surface area contributed by atoms with Gasteiger partial charge in [-0.05, 0) is 58.9 Å². The average Bonchev–Trinajstić information content (AvgIpc) is 2.57. The quantitative estimate of drug-likeness (QED) is 0.800. The van der Waals surface area contributed by atoms with Crippen molar-refractivity contribution in [3.05, 3.63) is 28.8 Å². The van der Waals surface area contributed by atoms with Gasteiger partial charge in [0.05, 0.1) is 25.2 Å². The molecule has 3 heteroatoms. The zero-order valence-corrected chi connectivity index (χ0v) is 15.4. The number of hydrogen-bond acceptors (Lipinski definition) is 3. The number of benzene rings is 1. The SMILES string of the molecule is COc1cc2c(cc1C(C)C)C1CC3C(C)(C)CCC(=O)C23CO1. The first-order valence-corrected chi connectivity index (χ1v) is 9.18. The third-order valence-corrected chi connectivity index (χ3v) is 6.85. The second kappa shape index (κ2) is 5.08. The Hall–Kier alpha value is -1.35. The second-order valence-corrected chi connectivity index (χ2v) is 8.81. The lowest BCUT2D eigenvalue weighted by Gasteiger charge is -2.59. The lowest BCUT2D eigenvalue weighted by atomic mass is 9.47. The molecule has 3 unspecified atom stereocenters. The molecule has 5 rings (SSSR count). The number of carbonyl (C=O) groups is 1. The zero-order chi connectivity index (χ0) is 17.3. The minimum atomic E-state index is -0.464. The Balaban J connectivity index is 1.96. The summed E-state index contributed by atoms with van der Waals surface area (Å²) >= 11 is 0. The molecule has 0 N–H and O–H groups in total. The number of rotatable bonds is 2. The van der Waals surface area contributed by atoms with E-state index in [1.807, 2.05) is 0 Å². The lowest BCUT2D eigenvalue weighted by Crippen LogP contribution is -2.61. The molecule has 2 bridgehead atoms. The third-order valence-electron chi connectivity index (χ3n) is 6.85. The molecule has 0 amide bonds. The Morgan fingerprint density at radius 2 is 2.04 bits per heavy atom. The minimum Gasteiger partial charge on any atom is -0.496 e. The van der Waals surface area contributed by atoms with Crippen LogP contribution < -0.4 is 4.74 Å². The summed E-state index contributed by atoms with van der Waals surface area (Å²) in [5, 5.41) is 0. The van der Waals surface area contributed by atoms with Gasteiger partial charge in [0.15, 0.2) is 0 Å². The molecule has 4 aliphatic rings. The van der Waals surface area contributed by atoms with Gasteiger partial charge in [-0.1, -0.05) is 27.7 Å². The molecule has 0 aromatic heterocycles. The minimum absolute atomic E-state index is 0.125. The van der Waals surface area contributed by atoms with Crippen molar-refractivity contribution in [1.29, 1.82) is 0 Å². The number of Topliss-reactive ketones (excluding diaryl/α,β-unsaturated/α-hetero) is 1. The van der Waals surface area contributed by atoms with Crippen LogP contribution in [0.15, 0.2) is 12.1 Å². The van der Waals surface area contributed by atoms with Crippen LogP contribution >= 0.6 is 0 Å². The molecule has 2 aliphatic carbocycles. The van der Waals surface area contributed by atoms with Crippen LogP contribution in [-0.2, 0) is 14.9 Å². The van der Waals surface area contributed by atoms with Crippen LogP contribution in [0.3, 0.4) is 0 Å². The molecule has 2 heterocycles. The highest BCUT2D eigenvalue weighted by atomic mass is 16.5. The smallest absolute Gasteiger partial charge is 0.146 e. The molecule has 1 spiro atoms. The Kier molecular flexibility index (Phi) is 3.41. The van der Waals surface area contributed by atoms with Crippen molar-refractivity contribution in [2.75, 3.05) is 13.7 Å². The number of fused-ring (bicyclic) bond motifs is 1. The third kappa shape index (κ3) is 1.91. The van der Waals surface area contributed by atoms with Gasteiger partial charge in [-0.15, -0.1) is 0 Å². The lowest BCUT2D eigenvalue weighted by molar-refractivity contribution is -0.162. The van der Waals surface area contributed by atoms with Gasteiger partial charge in [-0.2, -0.15) is 0 Å². The summed E-state index contributed by atoms with van der Waals surface area (Å²) in [4.78, 5) is 13.2. The molecule has 3 nitrogen and oxygen atoms in total. The van der Waals surface area contributed by atoms with Gasteiger partial charge in [-0.3, -0.25) is 4.79 Å². The van der Waals surface area contributed by atoms with Crippen molar-refractivity contribution >= 4 is 5.78 Å². The molecule has 2 fully saturated rings. The first kappa shape index (κ1) is 16.1. The molecule has 1 aromatic carbocycles. The Labute approximate surface area is 144 Å². The molecule has 2 aliphatic heterocycles. The number of ketones is 1. The Morgan fingerprint density at radius 3 is 2.71 bits per heavy atom. The van der Waals surface area contributed by atoms with E-state index in [0.717, 1.165) is 18.6 Å².